The van der Waals surface area contributed by atoms with Gasteiger partial charge in [-0.25, -0.2) is 4.98 Å². The first-order valence-corrected chi connectivity index (χ1v) is 9.83. The molecule has 0 bridgehead atoms. The van der Waals surface area contributed by atoms with Crippen LogP contribution in [0.2, 0.25) is 0 Å². The number of hydrogen-bond acceptors (Lipinski definition) is 5. The second-order valence-electron chi connectivity index (χ2n) is 7.03. The third kappa shape index (κ3) is 3.20. The van der Waals surface area contributed by atoms with Crippen LogP contribution in [0.5, 0.6) is 0 Å². The van der Waals surface area contributed by atoms with Gasteiger partial charge in [0.05, 0.1) is 6.54 Å². The van der Waals surface area contributed by atoms with Gasteiger partial charge in [0.15, 0.2) is 0 Å². The molecule has 2 aromatic heterocycles. The molecule has 2 unspecified atom stereocenters. The number of aromatic nitrogens is 2. The van der Waals surface area contributed by atoms with E-state index in [1.807, 2.05) is 12.2 Å². The van der Waals surface area contributed by atoms with E-state index in [-0.39, 0.29) is 16.4 Å². The highest BCUT2D eigenvalue weighted by atomic mass is 79.9. The molecule has 0 spiro atoms. The minimum atomic E-state index is -0.198. The lowest BCUT2D eigenvalue weighted by molar-refractivity contribution is 0.121. The molecule has 3 atom stereocenters. The van der Waals surface area contributed by atoms with Crippen LogP contribution in [-0.2, 0) is 13.0 Å². The van der Waals surface area contributed by atoms with E-state index in [2.05, 4.69) is 32.7 Å². The van der Waals surface area contributed by atoms with Crippen molar-refractivity contribution >= 4 is 33.1 Å². The third-order valence-electron chi connectivity index (χ3n) is 5.28. The number of alkyl halides is 1. The number of piperidine rings is 1. The molecule has 0 radical (unpaired) electrons. The zero-order valence-electron chi connectivity index (χ0n) is 14.3. The highest BCUT2D eigenvalue weighted by molar-refractivity contribution is 9.09. The van der Waals surface area contributed by atoms with Gasteiger partial charge >= 0.3 is 0 Å². The summed E-state index contributed by atoms with van der Waals surface area (Å²) in [5.74, 6) is 1.45. The number of halogens is 1. The van der Waals surface area contributed by atoms with Gasteiger partial charge in [0.1, 0.15) is 17.1 Å². The number of nitrogens with one attached hydrogen (secondary N) is 1. The summed E-state index contributed by atoms with van der Waals surface area (Å²) in [6.07, 6.45) is 7.77. The fourth-order valence-corrected chi connectivity index (χ4v) is 4.39. The molecule has 134 valence electrons. The highest BCUT2D eigenvalue weighted by Gasteiger charge is 2.27. The number of nitrogens with two attached hydrogens (primary N) is 1. The van der Waals surface area contributed by atoms with Crippen LogP contribution in [0.1, 0.15) is 43.3 Å². The smallest absolute Gasteiger partial charge is 0.294 e. The van der Waals surface area contributed by atoms with E-state index < -0.39 is 0 Å². The second-order valence-corrected chi connectivity index (χ2v) is 8.21. The van der Waals surface area contributed by atoms with E-state index in [1.165, 1.54) is 0 Å². The van der Waals surface area contributed by atoms with Gasteiger partial charge in [0.25, 0.3) is 5.56 Å². The van der Waals surface area contributed by atoms with Crippen LogP contribution in [0.15, 0.2) is 15.3 Å². The van der Waals surface area contributed by atoms with Gasteiger partial charge in [-0.1, -0.05) is 28.9 Å². The number of rotatable bonds is 3. The molecular formula is C18H23BrN4O2. The van der Waals surface area contributed by atoms with E-state index in [4.69, 9.17) is 15.1 Å². The van der Waals surface area contributed by atoms with E-state index in [0.717, 1.165) is 43.6 Å². The van der Waals surface area contributed by atoms with E-state index in [9.17, 15) is 4.79 Å². The average Bonchev–Trinajstić information content (AvgIpc) is 2.95. The molecule has 0 amide bonds. The molecule has 1 aliphatic heterocycles. The first-order valence-electron chi connectivity index (χ1n) is 8.91. The quantitative estimate of drug-likeness (QED) is 0.764. The number of H-pyrrole nitrogens is 1. The monoisotopic (exact) mass is 406 g/mol. The van der Waals surface area contributed by atoms with Crippen molar-refractivity contribution in [1.29, 1.82) is 0 Å². The summed E-state index contributed by atoms with van der Waals surface area (Å²) in [5.41, 5.74) is 7.95. The Hall–Kier alpha value is -1.44. The van der Waals surface area contributed by atoms with Crippen molar-refractivity contribution in [3.05, 3.63) is 33.6 Å². The van der Waals surface area contributed by atoms with Gasteiger partial charge < -0.3 is 15.1 Å². The number of allylic oxidation sites excluding steroid dienone is 1. The fraction of sp³-hybridized carbons (Fsp3) is 0.556. The lowest BCUT2D eigenvalue weighted by Crippen LogP contribution is -2.46. The maximum atomic E-state index is 12.5. The Morgan fingerprint density at radius 1 is 1.52 bits per heavy atom. The van der Waals surface area contributed by atoms with Crippen LogP contribution >= 0.6 is 15.9 Å². The summed E-state index contributed by atoms with van der Waals surface area (Å²) in [4.78, 5) is 22.8. The number of furan rings is 1. The minimum absolute atomic E-state index is 0.198. The second kappa shape index (κ2) is 6.70. The Morgan fingerprint density at radius 3 is 3.16 bits per heavy atom. The van der Waals surface area contributed by atoms with Crippen molar-refractivity contribution in [2.24, 2.45) is 5.73 Å². The fourth-order valence-electron chi connectivity index (χ4n) is 3.91. The Kier molecular flexibility index (Phi) is 4.56. The van der Waals surface area contributed by atoms with Crippen molar-refractivity contribution in [2.45, 2.75) is 56.1 Å². The molecule has 3 heterocycles. The summed E-state index contributed by atoms with van der Waals surface area (Å²) < 4.78 is 5.73. The Labute approximate surface area is 154 Å². The predicted molar refractivity (Wildman–Crippen MR) is 102 cm³/mol. The van der Waals surface area contributed by atoms with Crippen LogP contribution in [-0.4, -0.2) is 38.3 Å². The van der Waals surface area contributed by atoms with Gasteiger partial charge in [-0.3, -0.25) is 9.69 Å². The minimum Gasteiger partial charge on any atom is -0.449 e. The molecule has 1 saturated heterocycles. The number of likely N-dealkylation sites (tertiary alicyclic amines) is 1. The SMILES string of the molecule is CC[C@@H]1CC(N)CCN1Cc1nc2c3c(oc2c(=O)[nH]1)C=CC(Br)C3. The van der Waals surface area contributed by atoms with Crippen LogP contribution in [0.4, 0.5) is 0 Å². The molecule has 7 heteroatoms. The molecule has 6 nitrogen and oxygen atoms in total. The first kappa shape index (κ1) is 17.0. The number of nitrogens with zero attached hydrogens (tertiary/aromatic N) is 2. The van der Waals surface area contributed by atoms with Crippen molar-refractivity contribution in [2.75, 3.05) is 6.54 Å². The molecule has 2 aromatic rings. The maximum Gasteiger partial charge on any atom is 0.294 e. The van der Waals surface area contributed by atoms with Crippen molar-refractivity contribution in [3.8, 4) is 0 Å². The summed E-state index contributed by atoms with van der Waals surface area (Å²) in [5, 5.41) is 0. The summed E-state index contributed by atoms with van der Waals surface area (Å²) in [6.45, 7) is 3.77. The van der Waals surface area contributed by atoms with Gasteiger partial charge in [-0.05, 0) is 31.8 Å². The van der Waals surface area contributed by atoms with Crippen LogP contribution in [0.25, 0.3) is 17.2 Å². The highest BCUT2D eigenvalue weighted by Crippen LogP contribution is 2.30. The van der Waals surface area contributed by atoms with Crippen LogP contribution in [0, 0.1) is 0 Å². The Bertz CT molecular complexity index is 872. The number of hydrogen-bond donors (Lipinski definition) is 2. The van der Waals surface area contributed by atoms with Crippen molar-refractivity contribution < 1.29 is 4.42 Å². The van der Waals surface area contributed by atoms with Gasteiger partial charge in [-0.15, -0.1) is 0 Å². The molecule has 0 saturated carbocycles. The van der Waals surface area contributed by atoms with Crippen molar-refractivity contribution in [3.63, 3.8) is 0 Å². The van der Waals surface area contributed by atoms with Crippen LogP contribution < -0.4 is 11.3 Å². The number of aromatic amines is 1. The lowest BCUT2D eigenvalue weighted by atomic mass is 9.96. The van der Waals surface area contributed by atoms with Gasteiger partial charge in [-0.2, -0.15) is 0 Å². The number of fused-ring (bicyclic) bond motifs is 3. The Morgan fingerprint density at radius 2 is 2.36 bits per heavy atom. The molecule has 4 rings (SSSR count). The molecule has 0 aromatic carbocycles. The maximum absolute atomic E-state index is 12.5. The summed E-state index contributed by atoms with van der Waals surface area (Å²) >= 11 is 3.61. The summed E-state index contributed by atoms with van der Waals surface area (Å²) in [6, 6.07) is 0.720. The van der Waals surface area contributed by atoms with E-state index >= 15 is 0 Å². The van der Waals surface area contributed by atoms with E-state index in [0.29, 0.717) is 29.5 Å². The third-order valence-corrected chi connectivity index (χ3v) is 5.91. The lowest BCUT2D eigenvalue weighted by Gasteiger charge is -2.37. The Balaban J connectivity index is 1.68. The predicted octanol–water partition coefficient (Wildman–Crippen LogP) is 2.55. The van der Waals surface area contributed by atoms with Gasteiger partial charge in [0, 0.05) is 29.0 Å². The summed E-state index contributed by atoms with van der Waals surface area (Å²) in [7, 11) is 0. The molecule has 2 aliphatic rings. The molecule has 25 heavy (non-hydrogen) atoms. The average molecular weight is 407 g/mol. The molecule has 3 N–H and O–H groups in total. The molecule has 1 fully saturated rings. The molecular weight excluding hydrogens is 384 g/mol. The topological polar surface area (TPSA) is 88.2 Å². The first-order chi connectivity index (χ1) is 12.0. The standard InChI is InChI=1S/C18H23BrN4O2/c1-2-12-8-11(20)5-6-23(12)9-15-21-16-13-7-10(19)3-4-14(13)25-17(16)18(24)22-15/h3-4,10-12H,2,5-9,20H2,1H3,(H,21,22,24)/t10?,11?,12-/m1/s1. The van der Waals surface area contributed by atoms with Gasteiger partial charge in [0.2, 0.25) is 5.58 Å². The van der Waals surface area contributed by atoms with E-state index in [1.54, 1.807) is 0 Å². The van der Waals surface area contributed by atoms with Crippen LogP contribution in [0.3, 0.4) is 0 Å². The zero-order valence-corrected chi connectivity index (χ0v) is 15.9. The zero-order chi connectivity index (χ0) is 17.6. The normalized spacial score (nSPS) is 26.9. The van der Waals surface area contributed by atoms with Crippen molar-refractivity contribution in [1.82, 2.24) is 14.9 Å². The largest absolute Gasteiger partial charge is 0.449 e. The molecule has 1 aliphatic carbocycles.